The van der Waals surface area contributed by atoms with E-state index in [9.17, 15) is 9.59 Å². The van der Waals surface area contributed by atoms with Gasteiger partial charge in [0.05, 0.1) is 29.2 Å². The largest absolute Gasteiger partial charge is 1.00 e. The van der Waals surface area contributed by atoms with Crippen LogP contribution in [-0.2, 0) is 25.6 Å². The Labute approximate surface area is 339 Å². The van der Waals surface area contributed by atoms with Crippen LogP contribution in [0.4, 0.5) is 0 Å². The van der Waals surface area contributed by atoms with Crippen molar-refractivity contribution in [2.75, 3.05) is 6.61 Å². The fourth-order valence-corrected chi connectivity index (χ4v) is 6.83. The molecule has 0 radical (unpaired) electrons. The van der Waals surface area contributed by atoms with Crippen molar-refractivity contribution in [3.05, 3.63) is 137 Å². The van der Waals surface area contributed by atoms with Crippen LogP contribution >= 0.6 is 46.4 Å². The van der Waals surface area contributed by atoms with Crippen molar-refractivity contribution in [1.29, 1.82) is 0 Å². The molecule has 2 unspecified atom stereocenters. The molecule has 0 aromatic heterocycles. The molecule has 0 spiro atoms. The Morgan fingerprint density at radius 1 is 0.717 bits per heavy atom. The summed E-state index contributed by atoms with van der Waals surface area (Å²) in [5, 5.41) is 19.8. The fraction of sp³-hybridized carbons (Fsp3) is 0.263. The van der Waals surface area contributed by atoms with Gasteiger partial charge in [-0.3, -0.25) is 0 Å². The third kappa shape index (κ3) is 10.6. The van der Waals surface area contributed by atoms with Gasteiger partial charge < -0.3 is 30.5 Å². The van der Waals surface area contributed by atoms with Gasteiger partial charge in [0, 0.05) is 44.1 Å². The van der Waals surface area contributed by atoms with E-state index in [1.54, 1.807) is 44.2 Å². The molecular formula is C38H37Cl4LiN2O8. The van der Waals surface area contributed by atoms with Crippen molar-refractivity contribution in [3.8, 4) is 0 Å². The van der Waals surface area contributed by atoms with Crippen LogP contribution in [0.3, 0.4) is 0 Å². The summed E-state index contributed by atoms with van der Waals surface area (Å²) >= 11 is 24.4. The van der Waals surface area contributed by atoms with Gasteiger partial charge >= 0.3 is 30.8 Å². The van der Waals surface area contributed by atoms with Crippen LogP contribution in [-0.4, -0.2) is 46.0 Å². The van der Waals surface area contributed by atoms with Crippen molar-refractivity contribution in [3.63, 3.8) is 0 Å². The van der Waals surface area contributed by atoms with Crippen molar-refractivity contribution in [1.82, 2.24) is 0 Å². The molecule has 4 N–H and O–H groups in total. The molecule has 2 aliphatic heterocycles. The number of aromatic carboxylic acids is 1. The van der Waals surface area contributed by atoms with E-state index in [-0.39, 0.29) is 41.3 Å². The molecule has 276 valence electrons. The van der Waals surface area contributed by atoms with E-state index >= 15 is 0 Å². The molecule has 0 aliphatic carbocycles. The molecule has 0 fully saturated rings. The minimum atomic E-state index is -0.943. The monoisotopic (exact) mass is 796 g/mol. The van der Waals surface area contributed by atoms with Gasteiger partial charge in [-0.1, -0.05) is 68.8 Å². The minimum absolute atomic E-state index is 0. The predicted octanol–water partition coefficient (Wildman–Crippen LogP) is 6.56. The van der Waals surface area contributed by atoms with Crippen LogP contribution in [0.25, 0.3) is 0 Å². The van der Waals surface area contributed by atoms with Crippen LogP contribution in [0.1, 0.15) is 87.7 Å². The smallest absolute Gasteiger partial charge is 0.870 e. The first-order valence-electron chi connectivity index (χ1n) is 15.7. The number of rotatable bonds is 7. The summed E-state index contributed by atoms with van der Waals surface area (Å²) in [5.74, 6) is -1.26. The number of carboxylic acid groups (broad SMARTS) is 1. The van der Waals surface area contributed by atoms with Gasteiger partial charge in [-0.15, -0.1) is 0 Å². The summed E-state index contributed by atoms with van der Waals surface area (Å²) in [7, 11) is 0. The summed E-state index contributed by atoms with van der Waals surface area (Å²) in [5.41, 5.74) is 6.08. The van der Waals surface area contributed by atoms with Gasteiger partial charge in [-0.2, -0.15) is 0 Å². The summed E-state index contributed by atoms with van der Waals surface area (Å²) in [6.07, 6.45) is 1.11. The summed E-state index contributed by atoms with van der Waals surface area (Å²) in [6.45, 7) is 9.65. The zero-order valence-corrected chi connectivity index (χ0v) is 32.9. The summed E-state index contributed by atoms with van der Waals surface area (Å²) in [4.78, 5) is 34.5. The maximum atomic E-state index is 11.9. The average Bonchev–Trinajstić information content (AvgIpc) is 3.65. The van der Waals surface area contributed by atoms with Crippen LogP contribution in [0.5, 0.6) is 0 Å². The topological polar surface area (TPSA) is 168 Å². The molecule has 0 amide bonds. The first kappa shape index (κ1) is 45.6. The maximum Gasteiger partial charge on any atom is 1.00 e. The SMILES string of the molecule is CCOC(=O)c1ccc(C2=NOC(C)(c3cc(Cl)cc(Cl)c3)C2)cc1C.Cc1cc(C2=NOC(C)(c3cc(Cl)cc(Cl)c3)C2)ccc1C(=O)O.O.[Li+].[OH-]. The van der Waals surface area contributed by atoms with E-state index < -0.39 is 17.2 Å². The second-order valence-corrected chi connectivity index (χ2v) is 14.2. The minimum Gasteiger partial charge on any atom is -0.870 e. The number of oxime groups is 2. The zero-order valence-electron chi connectivity index (χ0n) is 29.9. The molecule has 53 heavy (non-hydrogen) atoms. The zero-order chi connectivity index (χ0) is 36.4. The van der Waals surface area contributed by atoms with E-state index in [0.717, 1.165) is 39.2 Å². The van der Waals surface area contributed by atoms with E-state index in [2.05, 4.69) is 10.3 Å². The standard InChI is InChI=1S/C20H19Cl2NO3.C18H15Cl2NO3.Li.2H2O/c1-4-25-19(24)17-6-5-13(7-12(17)2)18-11-20(3,26-23-18)14-8-15(21)10-16(22)9-14;1-10-5-11(3-4-15(10)17(22)23)16-9-18(2,24-21-16)12-6-13(19)8-14(20)7-12;;;/h5-10H,4,11H2,1-3H3;3-8H,9H2,1-2H3,(H,22,23);;2*1H2/q;;+1;;/p-1. The quantitative estimate of drug-likeness (QED) is 0.163. The molecule has 0 bridgehead atoms. The Morgan fingerprint density at radius 3 is 1.43 bits per heavy atom. The van der Waals surface area contributed by atoms with E-state index in [1.165, 1.54) is 0 Å². The van der Waals surface area contributed by atoms with Crippen molar-refractivity contribution >= 4 is 69.8 Å². The molecule has 6 rings (SSSR count). The van der Waals surface area contributed by atoms with Gasteiger partial charge in [0.2, 0.25) is 0 Å². The third-order valence-electron chi connectivity index (χ3n) is 8.52. The normalized spacial score (nSPS) is 18.3. The molecular weight excluding hydrogens is 761 g/mol. The molecule has 4 aromatic carbocycles. The van der Waals surface area contributed by atoms with E-state index in [4.69, 9.17) is 65.9 Å². The molecule has 10 nitrogen and oxygen atoms in total. The number of nitrogens with zero attached hydrogens (tertiary/aromatic N) is 2. The number of carbonyl (C=O) groups is 2. The second kappa shape index (κ2) is 18.7. The number of ether oxygens (including phenoxy) is 1. The Hall–Kier alpha value is -3.56. The van der Waals surface area contributed by atoms with Crippen LogP contribution in [0, 0.1) is 13.8 Å². The Bertz CT molecular complexity index is 2020. The number of aryl methyl sites for hydroxylation is 2. The second-order valence-electron chi connectivity index (χ2n) is 12.5. The predicted molar refractivity (Wildman–Crippen MR) is 203 cm³/mol. The number of hydrogen-bond acceptors (Lipinski definition) is 8. The Kier molecular flexibility index (Phi) is 16.0. The number of carboxylic acids is 1. The van der Waals surface area contributed by atoms with E-state index in [0.29, 0.717) is 50.7 Å². The number of hydrogen-bond donors (Lipinski definition) is 1. The molecule has 2 aliphatic rings. The molecule has 4 aromatic rings. The molecule has 2 heterocycles. The van der Waals surface area contributed by atoms with Crippen molar-refractivity contribution in [2.45, 2.75) is 58.7 Å². The third-order valence-corrected chi connectivity index (χ3v) is 9.39. The number of halogens is 4. The van der Waals surface area contributed by atoms with Gasteiger partial charge in [-0.25, -0.2) is 9.59 Å². The van der Waals surface area contributed by atoms with Crippen LogP contribution < -0.4 is 18.9 Å². The summed E-state index contributed by atoms with van der Waals surface area (Å²) in [6, 6.07) is 21.3. The van der Waals surface area contributed by atoms with Gasteiger partial charge in [0.15, 0.2) is 11.2 Å². The first-order chi connectivity index (χ1) is 23.6. The number of esters is 1. The molecule has 15 heteroatoms. The number of benzene rings is 4. The van der Waals surface area contributed by atoms with Crippen molar-refractivity contribution in [2.24, 2.45) is 10.3 Å². The van der Waals surface area contributed by atoms with E-state index in [1.807, 2.05) is 63.2 Å². The Morgan fingerprint density at radius 2 is 1.09 bits per heavy atom. The van der Waals surface area contributed by atoms with Gasteiger partial charge in [-0.05, 0) is 118 Å². The summed E-state index contributed by atoms with van der Waals surface area (Å²) < 4.78 is 5.07. The first-order valence-corrected chi connectivity index (χ1v) is 17.2. The fourth-order valence-electron chi connectivity index (χ4n) is 5.78. The molecule has 2 atom stereocenters. The molecule has 0 saturated heterocycles. The maximum absolute atomic E-state index is 11.9. The average molecular weight is 798 g/mol. The van der Waals surface area contributed by atoms with Gasteiger partial charge in [0.25, 0.3) is 0 Å². The molecule has 0 saturated carbocycles. The van der Waals surface area contributed by atoms with Crippen LogP contribution in [0.2, 0.25) is 20.1 Å². The number of carbonyl (C=O) groups excluding carboxylic acids is 1. The van der Waals surface area contributed by atoms with Gasteiger partial charge in [0.1, 0.15) is 0 Å². The van der Waals surface area contributed by atoms with Crippen molar-refractivity contribution < 1.29 is 58.9 Å². The Balaban J connectivity index is 0.000000348. The van der Waals surface area contributed by atoms with Crippen LogP contribution in [0.15, 0.2) is 83.1 Å².